The van der Waals surface area contributed by atoms with Crippen LogP contribution < -0.4 is 4.74 Å². The topological polar surface area (TPSA) is 60.2 Å². The molecule has 0 radical (unpaired) electrons. The zero-order valence-electron chi connectivity index (χ0n) is 18.3. The maximum Gasteiger partial charge on any atom is 0.223 e. The van der Waals surface area contributed by atoms with Crippen LogP contribution in [-0.4, -0.2) is 38.9 Å². The molecule has 0 saturated carbocycles. The van der Waals surface area contributed by atoms with E-state index in [0.717, 1.165) is 22.6 Å². The highest BCUT2D eigenvalue weighted by atomic mass is 16.5. The van der Waals surface area contributed by atoms with Gasteiger partial charge in [-0.1, -0.05) is 84.1 Å². The number of benzene rings is 3. The molecule has 0 atom stereocenters. The predicted octanol–water partition coefficient (Wildman–Crippen LogP) is 4.46. The van der Waals surface area contributed by atoms with E-state index in [1.165, 1.54) is 0 Å². The molecule has 0 N–H and O–H groups in total. The number of likely N-dealkylation sites (tertiary alicyclic amines) is 1. The number of para-hydroxylation sites is 1. The molecule has 6 nitrogen and oxygen atoms in total. The Labute approximate surface area is 193 Å². The minimum Gasteiger partial charge on any atom is -0.487 e. The largest absolute Gasteiger partial charge is 0.487 e. The molecular formula is C27H26N4O2. The molecule has 1 fully saturated rings. The van der Waals surface area contributed by atoms with Gasteiger partial charge in [0.1, 0.15) is 18.1 Å². The lowest BCUT2D eigenvalue weighted by Crippen LogP contribution is -2.51. The van der Waals surface area contributed by atoms with Crippen molar-refractivity contribution < 1.29 is 9.53 Å². The Bertz CT molecular complexity index is 1130. The first-order valence-electron chi connectivity index (χ1n) is 11.2. The van der Waals surface area contributed by atoms with Crippen LogP contribution >= 0.6 is 0 Å². The van der Waals surface area contributed by atoms with Crippen LogP contribution in [-0.2, 0) is 11.4 Å². The SMILES string of the molecule is O=C(CC(c1ccccc1)c1ccccc1)N1CC(n2cc(COc3ccccc3)nn2)C1. The van der Waals surface area contributed by atoms with Crippen molar-refractivity contribution in [2.45, 2.75) is 25.0 Å². The van der Waals surface area contributed by atoms with E-state index in [1.54, 1.807) is 0 Å². The molecular weight excluding hydrogens is 412 g/mol. The summed E-state index contributed by atoms with van der Waals surface area (Å²) in [7, 11) is 0. The molecule has 0 unspecified atom stereocenters. The van der Waals surface area contributed by atoms with Gasteiger partial charge in [-0.3, -0.25) is 4.79 Å². The third-order valence-electron chi connectivity index (χ3n) is 6.06. The summed E-state index contributed by atoms with van der Waals surface area (Å²) >= 11 is 0. The van der Waals surface area contributed by atoms with Crippen molar-refractivity contribution in [3.63, 3.8) is 0 Å². The molecule has 166 valence electrons. The van der Waals surface area contributed by atoms with E-state index in [2.05, 4.69) is 34.6 Å². The van der Waals surface area contributed by atoms with Gasteiger partial charge in [-0.15, -0.1) is 5.10 Å². The van der Waals surface area contributed by atoms with Crippen LogP contribution in [0, 0.1) is 0 Å². The maximum absolute atomic E-state index is 13.1. The third-order valence-corrected chi connectivity index (χ3v) is 6.06. The van der Waals surface area contributed by atoms with Crippen LogP contribution in [0.25, 0.3) is 0 Å². The number of nitrogens with zero attached hydrogens (tertiary/aromatic N) is 4. The molecule has 0 aliphatic carbocycles. The second-order valence-corrected chi connectivity index (χ2v) is 8.32. The van der Waals surface area contributed by atoms with Crippen LogP contribution in [0.15, 0.2) is 97.2 Å². The Morgan fingerprint density at radius 1 is 0.879 bits per heavy atom. The summed E-state index contributed by atoms with van der Waals surface area (Å²) in [4.78, 5) is 15.0. The second-order valence-electron chi connectivity index (χ2n) is 8.32. The number of carbonyl (C=O) groups excluding carboxylic acids is 1. The van der Waals surface area contributed by atoms with E-state index < -0.39 is 0 Å². The molecule has 1 aromatic heterocycles. The molecule has 1 saturated heterocycles. The highest BCUT2D eigenvalue weighted by Crippen LogP contribution is 2.30. The number of amides is 1. The van der Waals surface area contributed by atoms with Gasteiger partial charge in [0.25, 0.3) is 0 Å². The molecule has 0 bridgehead atoms. The first kappa shape index (κ1) is 20.9. The fourth-order valence-corrected chi connectivity index (χ4v) is 4.16. The molecule has 2 heterocycles. The fourth-order valence-electron chi connectivity index (χ4n) is 4.16. The summed E-state index contributed by atoms with van der Waals surface area (Å²) in [6.45, 7) is 1.67. The summed E-state index contributed by atoms with van der Waals surface area (Å²) in [6.07, 6.45) is 2.36. The van der Waals surface area contributed by atoms with E-state index in [0.29, 0.717) is 26.1 Å². The number of aromatic nitrogens is 3. The van der Waals surface area contributed by atoms with Crippen LogP contribution in [0.2, 0.25) is 0 Å². The fraction of sp³-hybridized carbons (Fsp3) is 0.222. The van der Waals surface area contributed by atoms with Gasteiger partial charge >= 0.3 is 0 Å². The van der Waals surface area contributed by atoms with Gasteiger partial charge in [0.05, 0.1) is 12.2 Å². The molecule has 4 aromatic rings. The zero-order chi connectivity index (χ0) is 22.5. The van der Waals surface area contributed by atoms with Gasteiger partial charge in [0.2, 0.25) is 5.91 Å². The summed E-state index contributed by atoms with van der Waals surface area (Å²) in [6, 6.07) is 30.3. The smallest absolute Gasteiger partial charge is 0.223 e. The molecule has 3 aromatic carbocycles. The van der Waals surface area contributed by atoms with Gasteiger partial charge in [-0.05, 0) is 23.3 Å². The van der Waals surface area contributed by atoms with Gasteiger partial charge in [-0.25, -0.2) is 4.68 Å². The molecule has 1 aliphatic rings. The molecule has 1 amide bonds. The van der Waals surface area contributed by atoms with Crippen molar-refractivity contribution >= 4 is 5.91 Å². The zero-order valence-corrected chi connectivity index (χ0v) is 18.3. The maximum atomic E-state index is 13.1. The Morgan fingerprint density at radius 3 is 2.06 bits per heavy atom. The van der Waals surface area contributed by atoms with Gasteiger partial charge < -0.3 is 9.64 Å². The highest BCUT2D eigenvalue weighted by Gasteiger charge is 2.34. The van der Waals surface area contributed by atoms with Crippen molar-refractivity contribution in [2.75, 3.05) is 13.1 Å². The molecule has 1 aliphatic heterocycles. The third kappa shape index (κ3) is 4.95. The van der Waals surface area contributed by atoms with E-state index in [1.807, 2.05) is 82.5 Å². The quantitative estimate of drug-likeness (QED) is 0.407. The lowest BCUT2D eigenvalue weighted by molar-refractivity contribution is -0.137. The minimum atomic E-state index is 0.0482. The van der Waals surface area contributed by atoms with Crippen LogP contribution in [0.1, 0.15) is 35.2 Å². The van der Waals surface area contributed by atoms with E-state index in [4.69, 9.17) is 4.74 Å². The van der Waals surface area contributed by atoms with Crippen molar-refractivity contribution in [1.82, 2.24) is 19.9 Å². The second kappa shape index (κ2) is 9.69. The van der Waals surface area contributed by atoms with Crippen molar-refractivity contribution in [2.24, 2.45) is 0 Å². The monoisotopic (exact) mass is 438 g/mol. The van der Waals surface area contributed by atoms with E-state index in [9.17, 15) is 4.79 Å². The molecule has 5 rings (SSSR count). The average molecular weight is 439 g/mol. The minimum absolute atomic E-state index is 0.0482. The number of ether oxygens (including phenoxy) is 1. The Kier molecular flexibility index (Phi) is 6.15. The Morgan fingerprint density at radius 2 is 1.45 bits per heavy atom. The van der Waals surface area contributed by atoms with Gasteiger partial charge in [0.15, 0.2) is 0 Å². The first-order chi connectivity index (χ1) is 16.3. The number of rotatable bonds is 8. The van der Waals surface area contributed by atoms with Crippen molar-refractivity contribution in [3.05, 3.63) is 114 Å². The van der Waals surface area contributed by atoms with Crippen molar-refractivity contribution in [1.29, 1.82) is 0 Å². The van der Waals surface area contributed by atoms with Gasteiger partial charge in [0, 0.05) is 25.4 Å². The molecule has 0 spiro atoms. The summed E-state index contributed by atoms with van der Waals surface area (Å²) in [5.41, 5.74) is 3.10. The molecule has 6 heteroatoms. The lowest BCUT2D eigenvalue weighted by atomic mass is 9.87. The standard InChI is InChI=1S/C27H26N4O2/c32-27(16-26(21-10-4-1-5-11-21)22-12-6-2-7-13-22)30-18-24(19-30)31-17-23(28-29-31)20-33-25-14-8-3-9-15-25/h1-15,17,24,26H,16,18-20H2. The Hall–Kier alpha value is -3.93. The Balaban J connectivity index is 1.18. The average Bonchev–Trinajstić information content (AvgIpc) is 3.30. The normalized spacial score (nSPS) is 13.7. The first-order valence-corrected chi connectivity index (χ1v) is 11.2. The van der Waals surface area contributed by atoms with Gasteiger partial charge in [-0.2, -0.15) is 0 Å². The number of hydrogen-bond donors (Lipinski definition) is 0. The number of carbonyl (C=O) groups is 1. The van der Waals surface area contributed by atoms with Crippen LogP contribution in [0.4, 0.5) is 0 Å². The number of hydrogen-bond acceptors (Lipinski definition) is 4. The lowest BCUT2D eigenvalue weighted by Gasteiger charge is -2.39. The molecule has 33 heavy (non-hydrogen) atoms. The van der Waals surface area contributed by atoms with Crippen LogP contribution in [0.5, 0.6) is 5.75 Å². The van der Waals surface area contributed by atoms with E-state index in [-0.39, 0.29) is 17.9 Å². The van der Waals surface area contributed by atoms with Crippen molar-refractivity contribution in [3.8, 4) is 5.75 Å². The summed E-state index contributed by atoms with van der Waals surface area (Å²) in [5.74, 6) is 1.02. The van der Waals surface area contributed by atoms with Crippen LogP contribution in [0.3, 0.4) is 0 Å². The predicted molar refractivity (Wildman–Crippen MR) is 126 cm³/mol. The highest BCUT2D eigenvalue weighted by molar-refractivity contribution is 5.78. The summed E-state index contributed by atoms with van der Waals surface area (Å²) < 4.78 is 7.59. The van der Waals surface area contributed by atoms with E-state index >= 15 is 0 Å². The summed E-state index contributed by atoms with van der Waals surface area (Å²) in [5, 5.41) is 8.47.